The molecule has 9 nitrogen and oxygen atoms in total. The number of nitrogens with zero attached hydrogens (tertiary/aromatic N) is 4. The van der Waals surface area contributed by atoms with Crippen LogP contribution in [0.1, 0.15) is 31.1 Å². The number of rotatable bonds is 9. The molecule has 3 heterocycles. The number of anilines is 1. The number of piperazine rings is 1. The van der Waals surface area contributed by atoms with Crippen LogP contribution in [0.2, 0.25) is 5.02 Å². The Bertz CT molecular complexity index is 1770. The van der Waals surface area contributed by atoms with Crippen LogP contribution in [0.3, 0.4) is 0 Å². The molecule has 11 heteroatoms. The molecule has 0 amide bonds. The SMILES string of the molecule is Cc1ccc(-c2cccc(CS(=O)(=O)N3CCN(c4cnn(-c5cccc(Cl)c5)c(=O)c4OCC4(C)CC4)CC3)c2)o1. The summed E-state index contributed by atoms with van der Waals surface area (Å²) in [7, 11) is -3.57. The zero-order valence-corrected chi connectivity index (χ0v) is 25.2. The van der Waals surface area contributed by atoms with Crippen molar-refractivity contribution >= 4 is 27.3 Å². The van der Waals surface area contributed by atoms with Gasteiger partial charge in [-0.05, 0) is 61.7 Å². The van der Waals surface area contributed by atoms with Gasteiger partial charge in [0.25, 0.3) is 0 Å². The lowest BCUT2D eigenvalue weighted by molar-refractivity contribution is 0.242. The fraction of sp³-hybridized carbons (Fsp3) is 0.355. The van der Waals surface area contributed by atoms with Crippen LogP contribution in [-0.4, -0.2) is 55.3 Å². The zero-order valence-electron chi connectivity index (χ0n) is 23.6. The standard InChI is InChI=1S/C31H33ClN4O5S/c1-22-9-10-28(41-22)24-6-3-5-23(17-24)20-42(38,39)35-15-13-34(14-16-35)27-19-33-36(26-8-4-7-25(32)18-26)30(37)29(27)40-21-31(2)11-12-31/h3-10,17-19H,11-16,20-21H2,1-2H3. The van der Waals surface area contributed by atoms with Crippen molar-refractivity contribution in [3.05, 3.63) is 93.6 Å². The van der Waals surface area contributed by atoms with E-state index in [4.69, 9.17) is 20.8 Å². The minimum atomic E-state index is -3.57. The lowest BCUT2D eigenvalue weighted by atomic mass is 10.1. The van der Waals surface area contributed by atoms with Crippen LogP contribution >= 0.6 is 11.6 Å². The van der Waals surface area contributed by atoms with E-state index in [9.17, 15) is 13.2 Å². The molecule has 1 aliphatic heterocycles. The molecule has 2 aromatic carbocycles. The molecule has 2 aliphatic rings. The van der Waals surface area contributed by atoms with Gasteiger partial charge in [0.05, 0.1) is 24.2 Å². The summed E-state index contributed by atoms with van der Waals surface area (Å²) in [5.74, 6) is 1.62. The summed E-state index contributed by atoms with van der Waals surface area (Å²) in [4.78, 5) is 15.6. The van der Waals surface area contributed by atoms with Crippen LogP contribution in [0.4, 0.5) is 5.69 Å². The first-order chi connectivity index (χ1) is 20.1. The van der Waals surface area contributed by atoms with E-state index in [1.807, 2.05) is 48.2 Å². The molecule has 0 atom stereocenters. The van der Waals surface area contributed by atoms with Gasteiger partial charge in [0.2, 0.25) is 15.8 Å². The van der Waals surface area contributed by atoms with Crippen molar-refractivity contribution in [1.29, 1.82) is 0 Å². The summed E-state index contributed by atoms with van der Waals surface area (Å²) < 4.78 is 41.5. The molecule has 2 aromatic heterocycles. The van der Waals surface area contributed by atoms with Gasteiger partial charge in [-0.2, -0.15) is 14.1 Å². The number of aromatic nitrogens is 2. The molecule has 0 unspecified atom stereocenters. The van der Waals surface area contributed by atoms with Gasteiger partial charge in [-0.3, -0.25) is 4.79 Å². The van der Waals surface area contributed by atoms with Gasteiger partial charge in [0, 0.05) is 42.2 Å². The van der Waals surface area contributed by atoms with Crippen LogP contribution in [0.15, 0.2) is 76.1 Å². The van der Waals surface area contributed by atoms with Gasteiger partial charge in [-0.1, -0.05) is 42.8 Å². The predicted octanol–water partition coefficient (Wildman–Crippen LogP) is 5.29. The molecular formula is C31H33ClN4O5S. The van der Waals surface area contributed by atoms with Crippen molar-refractivity contribution < 1.29 is 17.6 Å². The van der Waals surface area contributed by atoms with Gasteiger partial charge >= 0.3 is 5.56 Å². The molecule has 0 radical (unpaired) electrons. The van der Waals surface area contributed by atoms with Crippen LogP contribution in [0, 0.1) is 12.3 Å². The minimum absolute atomic E-state index is 0.0632. The van der Waals surface area contributed by atoms with Crippen molar-refractivity contribution in [2.75, 3.05) is 37.7 Å². The van der Waals surface area contributed by atoms with Gasteiger partial charge in [-0.25, -0.2) is 8.42 Å². The Morgan fingerprint density at radius 1 is 1.02 bits per heavy atom. The minimum Gasteiger partial charge on any atom is -0.486 e. The molecule has 4 aromatic rings. The van der Waals surface area contributed by atoms with Crippen LogP contribution < -0.4 is 15.2 Å². The van der Waals surface area contributed by atoms with Crippen molar-refractivity contribution in [2.24, 2.45) is 5.41 Å². The summed E-state index contributed by atoms with van der Waals surface area (Å²) in [5.41, 5.74) is 2.34. The number of benzene rings is 2. The third kappa shape index (κ3) is 6.11. The first-order valence-corrected chi connectivity index (χ1v) is 16.0. The number of sulfonamides is 1. The van der Waals surface area contributed by atoms with E-state index >= 15 is 0 Å². The fourth-order valence-electron chi connectivity index (χ4n) is 5.10. The molecule has 1 saturated carbocycles. The quantitative estimate of drug-likeness (QED) is 0.255. The molecule has 42 heavy (non-hydrogen) atoms. The summed E-state index contributed by atoms with van der Waals surface area (Å²) in [5, 5.41) is 4.93. The van der Waals surface area contributed by atoms with Crippen LogP contribution in [0.5, 0.6) is 5.75 Å². The topological polar surface area (TPSA) is 97.9 Å². The van der Waals surface area contributed by atoms with E-state index in [0.717, 1.165) is 24.2 Å². The summed E-state index contributed by atoms with van der Waals surface area (Å²) >= 11 is 6.17. The molecule has 1 saturated heterocycles. The second-order valence-electron chi connectivity index (χ2n) is 11.4. The highest BCUT2D eigenvalue weighted by Gasteiger charge is 2.39. The van der Waals surface area contributed by atoms with Crippen LogP contribution in [0.25, 0.3) is 17.0 Å². The lowest BCUT2D eigenvalue weighted by Gasteiger charge is -2.35. The normalized spacial score (nSPS) is 16.9. The number of halogens is 1. The highest BCUT2D eigenvalue weighted by Crippen LogP contribution is 2.45. The Morgan fingerprint density at radius 3 is 2.48 bits per heavy atom. The summed E-state index contributed by atoms with van der Waals surface area (Å²) in [6.07, 6.45) is 3.73. The van der Waals surface area contributed by atoms with E-state index < -0.39 is 10.0 Å². The van der Waals surface area contributed by atoms with E-state index in [1.165, 1.54) is 8.99 Å². The number of hydrogen-bond donors (Lipinski definition) is 0. The van der Waals surface area contributed by atoms with Crippen molar-refractivity contribution in [2.45, 2.75) is 32.4 Å². The average molecular weight is 609 g/mol. The van der Waals surface area contributed by atoms with E-state index in [0.29, 0.717) is 47.4 Å². The van der Waals surface area contributed by atoms with E-state index in [2.05, 4.69) is 12.0 Å². The highest BCUT2D eigenvalue weighted by molar-refractivity contribution is 7.88. The third-order valence-electron chi connectivity index (χ3n) is 7.91. The third-order valence-corrected chi connectivity index (χ3v) is 9.99. The molecule has 0 bridgehead atoms. The average Bonchev–Trinajstić information content (AvgIpc) is 3.55. The number of ether oxygens (including phenoxy) is 1. The first-order valence-electron chi connectivity index (χ1n) is 14.0. The van der Waals surface area contributed by atoms with Crippen molar-refractivity contribution in [3.8, 4) is 22.8 Å². The first kappa shape index (κ1) is 28.5. The molecule has 2 fully saturated rings. The molecule has 220 valence electrons. The highest BCUT2D eigenvalue weighted by atomic mass is 35.5. The number of furan rings is 1. The molecular weight excluding hydrogens is 576 g/mol. The zero-order chi connectivity index (χ0) is 29.5. The van der Waals surface area contributed by atoms with Gasteiger partial charge in [0.15, 0.2) is 0 Å². The lowest BCUT2D eigenvalue weighted by Crippen LogP contribution is -2.49. The predicted molar refractivity (Wildman–Crippen MR) is 163 cm³/mol. The maximum Gasteiger partial charge on any atom is 0.316 e. The Balaban J connectivity index is 1.19. The molecule has 1 aliphatic carbocycles. The number of hydrogen-bond acceptors (Lipinski definition) is 7. The van der Waals surface area contributed by atoms with E-state index in [1.54, 1.807) is 30.5 Å². The monoisotopic (exact) mass is 608 g/mol. The second-order valence-corrected chi connectivity index (χ2v) is 13.8. The number of aryl methyl sites for hydroxylation is 1. The van der Waals surface area contributed by atoms with Gasteiger partial charge in [0.1, 0.15) is 17.2 Å². The Kier molecular flexibility index (Phi) is 7.63. The van der Waals surface area contributed by atoms with Gasteiger partial charge in [-0.15, -0.1) is 0 Å². The second kappa shape index (κ2) is 11.2. The van der Waals surface area contributed by atoms with E-state index in [-0.39, 0.29) is 35.6 Å². The summed E-state index contributed by atoms with van der Waals surface area (Å²) in [6, 6.07) is 18.1. The van der Waals surface area contributed by atoms with Crippen molar-refractivity contribution in [3.63, 3.8) is 0 Å². The Morgan fingerprint density at radius 2 is 1.79 bits per heavy atom. The summed E-state index contributed by atoms with van der Waals surface area (Å²) in [6.45, 7) is 5.82. The van der Waals surface area contributed by atoms with Gasteiger partial charge < -0.3 is 14.1 Å². The largest absolute Gasteiger partial charge is 0.486 e. The maximum absolute atomic E-state index is 13.6. The fourth-order valence-corrected chi connectivity index (χ4v) is 6.79. The molecule has 0 N–H and O–H groups in total. The van der Waals surface area contributed by atoms with Crippen molar-refractivity contribution in [1.82, 2.24) is 14.1 Å². The van der Waals surface area contributed by atoms with Crippen LogP contribution in [-0.2, 0) is 15.8 Å². The smallest absolute Gasteiger partial charge is 0.316 e. The Hall–Kier alpha value is -3.60. The molecule has 6 rings (SSSR count). The molecule has 0 spiro atoms. The maximum atomic E-state index is 13.6. The Labute approximate surface area is 250 Å².